The molecule has 0 saturated heterocycles. The lowest BCUT2D eigenvalue weighted by atomic mass is 10.1. The lowest BCUT2D eigenvalue weighted by Crippen LogP contribution is -2.01. The molecule has 1 heteroatoms. The van der Waals surface area contributed by atoms with Crippen molar-refractivity contribution in [1.29, 1.82) is 0 Å². The Bertz CT molecular complexity index is 70.5. The highest BCUT2D eigenvalue weighted by Crippen LogP contribution is 2.32. The normalized spacial score (nSPS) is 47.6. The molecule has 1 saturated carbocycles. The second kappa shape index (κ2) is 2.04. The van der Waals surface area contributed by atoms with Gasteiger partial charge in [0.2, 0.25) is 0 Å². The van der Waals surface area contributed by atoms with Crippen LogP contribution in [0.3, 0.4) is 0 Å². The van der Waals surface area contributed by atoms with Crippen molar-refractivity contribution in [2.45, 2.75) is 32.9 Å². The summed E-state index contributed by atoms with van der Waals surface area (Å²) in [7, 11) is 0. The molecule has 0 heterocycles. The second-order valence-electron chi connectivity index (χ2n) is 3.07. The fourth-order valence-corrected chi connectivity index (χ4v) is 1.50. The van der Waals surface area contributed by atoms with Gasteiger partial charge in [-0.05, 0) is 24.7 Å². The highest BCUT2D eigenvalue weighted by molar-refractivity contribution is 4.77. The third kappa shape index (κ3) is 1.01. The van der Waals surface area contributed by atoms with Gasteiger partial charge in [-0.2, -0.15) is 0 Å². The zero-order valence-electron chi connectivity index (χ0n) is 5.52. The minimum atomic E-state index is -0.509. The van der Waals surface area contributed by atoms with Crippen molar-refractivity contribution in [2.75, 3.05) is 0 Å². The average molecular weight is 116 g/mol. The van der Waals surface area contributed by atoms with Crippen molar-refractivity contribution in [3.05, 3.63) is 0 Å². The van der Waals surface area contributed by atoms with E-state index in [-0.39, 0.29) is 0 Å². The molecule has 0 nitrogen and oxygen atoms in total. The third-order valence-corrected chi connectivity index (χ3v) is 2.02. The zero-order chi connectivity index (χ0) is 6.15. The van der Waals surface area contributed by atoms with Crippen LogP contribution in [0.25, 0.3) is 0 Å². The molecule has 1 rings (SSSR count). The van der Waals surface area contributed by atoms with Crippen molar-refractivity contribution in [1.82, 2.24) is 0 Å². The number of alkyl halides is 1. The minimum absolute atomic E-state index is 0.324. The maximum Gasteiger partial charge on any atom is 0.103 e. The minimum Gasteiger partial charge on any atom is -0.247 e. The fraction of sp³-hybridized carbons (Fsp3) is 1.00. The Morgan fingerprint density at radius 3 is 2.00 bits per heavy atom. The summed E-state index contributed by atoms with van der Waals surface area (Å²) in [6.07, 6.45) is 1.37. The molecule has 0 aromatic rings. The largest absolute Gasteiger partial charge is 0.247 e. The van der Waals surface area contributed by atoms with Gasteiger partial charge in [-0.25, -0.2) is 4.39 Å². The smallest absolute Gasteiger partial charge is 0.103 e. The van der Waals surface area contributed by atoms with Gasteiger partial charge in [-0.3, -0.25) is 0 Å². The summed E-state index contributed by atoms with van der Waals surface area (Å²) < 4.78 is 12.6. The van der Waals surface area contributed by atoms with Crippen LogP contribution < -0.4 is 0 Å². The van der Waals surface area contributed by atoms with Crippen molar-refractivity contribution >= 4 is 0 Å². The van der Waals surface area contributed by atoms with E-state index in [1.807, 2.05) is 6.92 Å². The fourth-order valence-electron chi connectivity index (χ4n) is 1.50. The summed E-state index contributed by atoms with van der Waals surface area (Å²) in [5.74, 6) is 0.949. The molecule has 3 unspecified atom stereocenters. The van der Waals surface area contributed by atoms with Crippen LogP contribution in [0.2, 0.25) is 0 Å². The van der Waals surface area contributed by atoms with Crippen LogP contribution >= 0.6 is 0 Å². The zero-order valence-corrected chi connectivity index (χ0v) is 5.52. The highest BCUT2D eigenvalue weighted by Gasteiger charge is 2.27. The van der Waals surface area contributed by atoms with Gasteiger partial charge in [0.15, 0.2) is 0 Å². The molecule has 8 heavy (non-hydrogen) atoms. The Morgan fingerprint density at radius 1 is 1.25 bits per heavy atom. The van der Waals surface area contributed by atoms with Gasteiger partial charge < -0.3 is 0 Å². The van der Waals surface area contributed by atoms with E-state index in [1.165, 1.54) is 0 Å². The molecule has 1 fully saturated rings. The second-order valence-corrected chi connectivity index (χ2v) is 3.07. The SMILES string of the molecule is CC1CC(C)C(F)C1. The van der Waals surface area contributed by atoms with Crippen LogP contribution in [-0.4, -0.2) is 6.17 Å². The van der Waals surface area contributed by atoms with E-state index < -0.39 is 6.17 Å². The first-order valence-electron chi connectivity index (χ1n) is 3.34. The molecule has 1 aliphatic rings. The quantitative estimate of drug-likeness (QED) is 0.456. The van der Waals surface area contributed by atoms with Gasteiger partial charge >= 0.3 is 0 Å². The summed E-state index contributed by atoms with van der Waals surface area (Å²) in [6, 6.07) is 0. The Labute approximate surface area is 50.1 Å². The summed E-state index contributed by atoms with van der Waals surface area (Å²) in [5.41, 5.74) is 0. The predicted octanol–water partition coefficient (Wildman–Crippen LogP) is 2.39. The third-order valence-electron chi connectivity index (χ3n) is 2.02. The predicted molar refractivity (Wildman–Crippen MR) is 32.5 cm³/mol. The summed E-state index contributed by atoms with van der Waals surface area (Å²) in [6.45, 7) is 4.12. The molecule has 0 radical (unpaired) electrons. The molecule has 0 bridgehead atoms. The Kier molecular flexibility index (Phi) is 1.54. The molecule has 0 aromatic carbocycles. The standard InChI is InChI=1S/C7H13F/c1-5-3-6(2)7(8)4-5/h5-7H,3-4H2,1-2H3. The molecular formula is C7H13F. The van der Waals surface area contributed by atoms with Gasteiger partial charge in [0.25, 0.3) is 0 Å². The Hall–Kier alpha value is -0.0700. The molecule has 0 aromatic heterocycles. The monoisotopic (exact) mass is 116 g/mol. The van der Waals surface area contributed by atoms with E-state index in [9.17, 15) is 4.39 Å². The lowest BCUT2D eigenvalue weighted by Gasteiger charge is -2.00. The van der Waals surface area contributed by atoms with Crippen molar-refractivity contribution < 1.29 is 4.39 Å². The number of halogens is 1. The van der Waals surface area contributed by atoms with Crippen molar-refractivity contribution in [2.24, 2.45) is 11.8 Å². The van der Waals surface area contributed by atoms with E-state index in [4.69, 9.17) is 0 Å². The topological polar surface area (TPSA) is 0 Å². The van der Waals surface area contributed by atoms with Gasteiger partial charge in [0.1, 0.15) is 6.17 Å². The number of hydrogen-bond donors (Lipinski definition) is 0. The van der Waals surface area contributed by atoms with Crippen molar-refractivity contribution in [3.63, 3.8) is 0 Å². The van der Waals surface area contributed by atoms with E-state index in [1.54, 1.807) is 0 Å². The molecule has 0 amide bonds. The molecule has 0 aliphatic heterocycles. The first-order valence-corrected chi connectivity index (χ1v) is 3.34. The first-order chi connectivity index (χ1) is 3.70. The van der Waals surface area contributed by atoms with Crippen molar-refractivity contribution in [3.8, 4) is 0 Å². The molecule has 0 spiro atoms. The van der Waals surface area contributed by atoms with Crippen LogP contribution in [0.15, 0.2) is 0 Å². The Morgan fingerprint density at radius 2 is 1.88 bits per heavy atom. The molecular weight excluding hydrogens is 103 g/mol. The molecule has 0 N–H and O–H groups in total. The van der Waals surface area contributed by atoms with Gasteiger partial charge in [-0.1, -0.05) is 13.8 Å². The van der Waals surface area contributed by atoms with Crippen LogP contribution in [0.5, 0.6) is 0 Å². The first kappa shape index (κ1) is 6.06. The van der Waals surface area contributed by atoms with E-state index in [0.29, 0.717) is 11.8 Å². The van der Waals surface area contributed by atoms with Crippen LogP contribution in [0.4, 0.5) is 4.39 Å². The van der Waals surface area contributed by atoms with E-state index in [0.717, 1.165) is 12.8 Å². The number of rotatable bonds is 0. The van der Waals surface area contributed by atoms with Crippen LogP contribution in [-0.2, 0) is 0 Å². The average Bonchev–Trinajstić information content (AvgIpc) is 1.85. The van der Waals surface area contributed by atoms with E-state index in [2.05, 4.69) is 6.92 Å². The highest BCUT2D eigenvalue weighted by atomic mass is 19.1. The van der Waals surface area contributed by atoms with Crippen LogP contribution in [0.1, 0.15) is 26.7 Å². The summed E-state index contributed by atoms with van der Waals surface area (Å²) >= 11 is 0. The van der Waals surface area contributed by atoms with Gasteiger partial charge in [0.05, 0.1) is 0 Å². The Balaban J connectivity index is 2.39. The molecule has 1 aliphatic carbocycles. The molecule has 3 atom stereocenters. The van der Waals surface area contributed by atoms with Gasteiger partial charge in [-0.15, -0.1) is 0 Å². The molecule has 48 valence electrons. The summed E-state index contributed by atoms with van der Waals surface area (Å²) in [4.78, 5) is 0. The number of hydrogen-bond acceptors (Lipinski definition) is 0. The van der Waals surface area contributed by atoms with Crippen LogP contribution in [0, 0.1) is 11.8 Å². The maximum absolute atomic E-state index is 12.6. The summed E-state index contributed by atoms with van der Waals surface area (Å²) in [5, 5.41) is 0. The lowest BCUT2D eigenvalue weighted by molar-refractivity contribution is 0.276. The maximum atomic E-state index is 12.6. The van der Waals surface area contributed by atoms with Gasteiger partial charge in [0, 0.05) is 0 Å². The van der Waals surface area contributed by atoms with E-state index >= 15 is 0 Å².